The molecule has 9 rings (SSSR count). The molecule has 0 spiro atoms. The van der Waals surface area contributed by atoms with Gasteiger partial charge in [0.2, 0.25) is 0 Å². The molecule has 9 aliphatic rings. The molecule has 22 nitrogen and oxygen atoms in total. The van der Waals surface area contributed by atoms with E-state index in [2.05, 4.69) is 54.5 Å². The SMILES string of the molecule is C[C@@H]1O[C@@H](O[C@H]2[C@@H](O[C@H]3CC[C@]4(C)[C@H]5CC=C6[C@@H]7CC(C)(C)CC[C@]7(CO)[C@H](O)C[C@@]6(C)[C@]5(C)CC[C@H]4C3(C)C)O[C@H](CO)[C@H](O[C@@H]3O[C@H](CO[C@@H]4O[C@H](CO)[C@@H](O)[C@H](O)[C@H]4O)[C@H](O)[C@H](O)[C@H]3O)[C@@H]2O)[C@H](O)[C@@H](O)[C@H]1O. The van der Waals surface area contributed by atoms with E-state index in [1.54, 1.807) is 0 Å². The average Bonchev–Trinajstić information content (AvgIpc) is 3.41. The summed E-state index contributed by atoms with van der Waals surface area (Å²) >= 11 is 0. The third-order valence-corrected chi connectivity index (χ3v) is 21.5. The van der Waals surface area contributed by atoms with E-state index in [1.807, 2.05) is 0 Å². The standard InChI is InChI=1S/C54H90O22/c1-23-33(59)36(62)40(66)46(70-23)76-44-42(68)43(75-47-41(67)38(64)35(61)28(73-47)21-69-45-39(65)37(63)34(60)26(19-55)71-45)27(20-56)72-48(44)74-32-12-13-51(6)29(50(32,4)5)11-14-52(7)30(51)10-9-24-25-17-49(2,3)15-16-54(25,22-57)31(58)18-53(24,52)8/h9,23,25-48,55-68H,10-22H2,1-8H3/t23-,25-,26+,27+,28+,29-,30+,31+,32-,33-,34+,35-,36-,37-,38-,39+,40+,41+,42-,43-,44+,45+,46-,47-,48+,51-,52+,53+,54+/m0/s1. The van der Waals surface area contributed by atoms with Gasteiger partial charge < -0.3 is 109 Å². The van der Waals surface area contributed by atoms with Crippen LogP contribution >= 0.6 is 0 Å². The average molecular weight is 1090 g/mol. The molecule has 14 N–H and O–H groups in total. The summed E-state index contributed by atoms with van der Waals surface area (Å²) in [6.07, 6.45) is -24.9. The van der Waals surface area contributed by atoms with Crippen LogP contribution in [0.15, 0.2) is 11.6 Å². The van der Waals surface area contributed by atoms with Gasteiger partial charge in [0.25, 0.3) is 0 Å². The topological polar surface area (TPSA) is 357 Å². The van der Waals surface area contributed by atoms with Gasteiger partial charge in [0.1, 0.15) is 91.6 Å². The Labute approximate surface area is 444 Å². The van der Waals surface area contributed by atoms with Crippen molar-refractivity contribution in [2.24, 2.45) is 50.2 Å². The molecule has 438 valence electrons. The molecule has 4 heterocycles. The van der Waals surface area contributed by atoms with Crippen molar-refractivity contribution in [3.63, 3.8) is 0 Å². The second-order valence-electron chi connectivity index (χ2n) is 26.5. The van der Waals surface area contributed by atoms with E-state index >= 15 is 0 Å². The summed E-state index contributed by atoms with van der Waals surface area (Å²) in [7, 11) is 0. The van der Waals surface area contributed by atoms with Gasteiger partial charge in [-0.1, -0.05) is 60.1 Å². The van der Waals surface area contributed by atoms with Gasteiger partial charge in [-0.2, -0.15) is 0 Å². The molecule has 76 heavy (non-hydrogen) atoms. The molecule has 0 aromatic heterocycles. The molecule has 0 aromatic carbocycles. The van der Waals surface area contributed by atoms with Crippen LogP contribution in [0.3, 0.4) is 0 Å². The van der Waals surface area contributed by atoms with E-state index < -0.39 is 166 Å². The predicted molar refractivity (Wildman–Crippen MR) is 263 cm³/mol. The number of allylic oxidation sites excluding steroid dienone is 2. The number of rotatable bonds is 12. The third kappa shape index (κ3) is 9.61. The largest absolute Gasteiger partial charge is 0.396 e. The molecule has 0 unspecified atom stereocenters. The first-order valence-electron chi connectivity index (χ1n) is 27.8. The fraction of sp³-hybridized carbons (Fsp3) is 0.963. The molecule has 5 aliphatic carbocycles. The van der Waals surface area contributed by atoms with Crippen LogP contribution in [0.5, 0.6) is 0 Å². The monoisotopic (exact) mass is 1090 g/mol. The van der Waals surface area contributed by atoms with Crippen molar-refractivity contribution >= 4 is 0 Å². The maximum absolute atomic E-state index is 12.4. The number of aliphatic hydroxyl groups is 14. The Hall–Kier alpha value is -1.14. The minimum absolute atomic E-state index is 0.0421. The van der Waals surface area contributed by atoms with Crippen LogP contribution < -0.4 is 0 Å². The van der Waals surface area contributed by atoms with Crippen LogP contribution in [0.25, 0.3) is 0 Å². The number of hydrogen-bond acceptors (Lipinski definition) is 22. The summed E-state index contributed by atoms with van der Waals surface area (Å²) in [6.45, 7) is 15.3. The molecule has 8 fully saturated rings. The van der Waals surface area contributed by atoms with Gasteiger partial charge in [-0.3, -0.25) is 0 Å². The van der Waals surface area contributed by atoms with E-state index in [0.717, 1.165) is 44.9 Å². The van der Waals surface area contributed by atoms with Gasteiger partial charge in [0.05, 0.1) is 44.7 Å². The van der Waals surface area contributed by atoms with E-state index in [9.17, 15) is 71.5 Å². The van der Waals surface area contributed by atoms with E-state index in [-0.39, 0.29) is 46.0 Å². The Morgan fingerprint density at radius 1 is 0.539 bits per heavy atom. The highest BCUT2D eigenvalue weighted by atomic mass is 16.8. The van der Waals surface area contributed by atoms with Crippen molar-refractivity contribution in [2.75, 3.05) is 26.4 Å². The predicted octanol–water partition coefficient (Wildman–Crippen LogP) is -1.56. The van der Waals surface area contributed by atoms with Crippen LogP contribution in [0.4, 0.5) is 0 Å². The Kier molecular flexibility index (Phi) is 16.9. The minimum atomic E-state index is -1.99. The van der Waals surface area contributed by atoms with Crippen molar-refractivity contribution in [1.29, 1.82) is 0 Å². The lowest BCUT2D eigenvalue weighted by Crippen LogP contribution is -2.68. The van der Waals surface area contributed by atoms with E-state index in [4.69, 9.17) is 37.9 Å². The van der Waals surface area contributed by atoms with Crippen molar-refractivity contribution in [1.82, 2.24) is 0 Å². The van der Waals surface area contributed by atoms with Crippen LogP contribution in [0.1, 0.15) is 113 Å². The molecule has 4 saturated heterocycles. The zero-order valence-corrected chi connectivity index (χ0v) is 45.2. The Morgan fingerprint density at radius 3 is 1.76 bits per heavy atom. The van der Waals surface area contributed by atoms with Gasteiger partial charge >= 0.3 is 0 Å². The second-order valence-corrected chi connectivity index (χ2v) is 26.5. The zero-order valence-electron chi connectivity index (χ0n) is 45.2. The van der Waals surface area contributed by atoms with E-state index in [1.165, 1.54) is 12.5 Å². The number of aliphatic hydroxyl groups excluding tert-OH is 14. The Balaban J connectivity index is 0.956. The molecule has 4 aliphatic heterocycles. The highest BCUT2D eigenvalue weighted by Crippen LogP contribution is 2.76. The number of hydrogen-bond donors (Lipinski definition) is 14. The Morgan fingerprint density at radius 2 is 1.12 bits per heavy atom. The number of fused-ring (bicyclic) bond motifs is 7. The lowest BCUT2D eigenvalue weighted by Gasteiger charge is -2.72. The molecule has 0 bridgehead atoms. The van der Waals surface area contributed by atoms with Crippen LogP contribution in [-0.4, -0.2) is 233 Å². The number of ether oxygens (including phenoxy) is 8. The van der Waals surface area contributed by atoms with Crippen LogP contribution in [-0.2, 0) is 37.9 Å². The second kappa shape index (κ2) is 21.6. The van der Waals surface area contributed by atoms with Crippen molar-refractivity contribution in [3.8, 4) is 0 Å². The maximum atomic E-state index is 12.4. The highest BCUT2D eigenvalue weighted by molar-refractivity contribution is 5.35. The zero-order chi connectivity index (χ0) is 55.6. The summed E-state index contributed by atoms with van der Waals surface area (Å²) < 4.78 is 48.6. The summed E-state index contributed by atoms with van der Waals surface area (Å²) in [5, 5.41) is 153. The molecule has 4 saturated carbocycles. The summed E-state index contributed by atoms with van der Waals surface area (Å²) in [5.41, 5.74) is -0.300. The first-order valence-corrected chi connectivity index (χ1v) is 27.8. The van der Waals surface area contributed by atoms with Crippen molar-refractivity contribution in [2.45, 2.75) is 248 Å². The van der Waals surface area contributed by atoms with Gasteiger partial charge in [0.15, 0.2) is 25.2 Å². The minimum Gasteiger partial charge on any atom is -0.396 e. The molecule has 29 atom stereocenters. The third-order valence-electron chi connectivity index (χ3n) is 21.5. The fourth-order valence-electron chi connectivity index (χ4n) is 16.6. The maximum Gasteiger partial charge on any atom is 0.187 e. The smallest absolute Gasteiger partial charge is 0.187 e. The van der Waals surface area contributed by atoms with Crippen molar-refractivity contribution in [3.05, 3.63) is 11.6 Å². The molecular weight excluding hydrogens is 1000 g/mol. The molecule has 0 amide bonds. The quantitative estimate of drug-likeness (QED) is 0.0776. The van der Waals surface area contributed by atoms with Gasteiger partial charge in [-0.25, -0.2) is 0 Å². The van der Waals surface area contributed by atoms with Crippen molar-refractivity contribution < 1.29 is 109 Å². The van der Waals surface area contributed by atoms with Crippen LogP contribution in [0.2, 0.25) is 0 Å². The molecule has 0 radical (unpaired) electrons. The fourth-order valence-corrected chi connectivity index (χ4v) is 16.6. The van der Waals surface area contributed by atoms with Crippen LogP contribution in [0, 0.1) is 50.2 Å². The first kappa shape index (κ1) is 59.5. The normalized spacial score (nSPS) is 55.1. The molecule has 22 heteroatoms. The van der Waals surface area contributed by atoms with Gasteiger partial charge in [-0.15, -0.1) is 0 Å². The summed E-state index contributed by atoms with van der Waals surface area (Å²) in [5.74, 6) is 0.425. The molecular formula is C54H90O22. The lowest BCUT2D eigenvalue weighted by molar-refractivity contribution is -0.395. The lowest BCUT2D eigenvalue weighted by atomic mass is 9.33. The highest BCUT2D eigenvalue weighted by Gasteiger charge is 2.70. The van der Waals surface area contributed by atoms with Gasteiger partial charge in [-0.05, 0) is 110 Å². The first-order chi connectivity index (χ1) is 35.5. The Bertz CT molecular complexity index is 2050. The van der Waals surface area contributed by atoms with E-state index in [0.29, 0.717) is 12.8 Å². The van der Waals surface area contributed by atoms with Gasteiger partial charge in [0, 0.05) is 5.41 Å². The summed E-state index contributed by atoms with van der Waals surface area (Å²) in [4.78, 5) is 0. The summed E-state index contributed by atoms with van der Waals surface area (Å²) in [6, 6.07) is 0. The molecule has 0 aromatic rings.